The number of rotatable bonds is 3. The van der Waals surface area contributed by atoms with Crippen molar-refractivity contribution in [2.75, 3.05) is 31.2 Å². The van der Waals surface area contributed by atoms with Gasteiger partial charge in [0, 0.05) is 25.3 Å². The van der Waals surface area contributed by atoms with Crippen LogP contribution in [0.3, 0.4) is 0 Å². The van der Waals surface area contributed by atoms with Gasteiger partial charge in [0.1, 0.15) is 12.4 Å². The summed E-state index contributed by atoms with van der Waals surface area (Å²) in [5.74, 6) is 0.611. The van der Waals surface area contributed by atoms with Gasteiger partial charge >= 0.3 is 0 Å². The number of aromatic nitrogens is 4. The molecule has 1 amide bonds. The minimum absolute atomic E-state index is 0.209. The third-order valence-corrected chi connectivity index (χ3v) is 5.05. The lowest BCUT2D eigenvalue weighted by Crippen LogP contribution is -2.36. The number of oxazole rings is 1. The predicted molar refractivity (Wildman–Crippen MR) is 94.1 cm³/mol. The van der Waals surface area contributed by atoms with Gasteiger partial charge in [-0.1, -0.05) is 6.07 Å². The number of amides is 1. The van der Waals surface area contributed by atoms with Gasteiger partial charge in [0.25, 0.3) is 5.91 Å². The molecule has 138 valence electrons. The van der Waals surface area contributed by atoms with Crippen LogP contribution < -0.4 is 4.90 Å². The Labute approximate surface area is 155 Å². The van der Waals surface area contributed by atoms with Crippen LogP contribution in [0.5, 0.6) is 0 Å². The number of hydrogen-bond acceptors (Lipinski definition) is 7. The first-order valence-electron chi connectivity index (χ1n) is 8.81. The van der Waals surface area contributed by atoms with Gasteiger partial charge in [-0.3, -0.25) is 9.89 Å². The largest absolute Gasteiger partial charge is 0.446 e. The lowest BCUT2D eigenvalue weighted by atomic mass is 10.0. The fraction of sp³-hybridized carbons (Fsp3) is 0.333. The Morgan fingerprint density at radius 3 is 2.89 bits per heavy atom. The number of H-pyrrole nitrogens is 1. The molecule has 9 nitrogen and oxygen atoms in total. The smallest absolute Gasteiger partial charge is 0.292 e. The van der Waals surface area contributed by atoms with E-state index in [0.29, 0.717) is 12.3 Å². The van der Waals surface area contributed by atoms with Gasteiger partial charge in [0.2, 0.25) is 5.82 Å². The standard InChI is InChI=1S/C18H18N6O3/c25-18(17-20-10-21-22-17)24-9-12-7-13(23-3-5-26-6-4-23)1-2-14(12)16(24)15-8-19-11-27-15/h1-2,7-8,10-11,16H,3-6,9H2,(H,20,21,22)/t16-/m0/s1. The number of hydrogen-bond donors (Lipinski definition) is 1. The van der Waals surface area contributed by atoms with Crippen molar-refractivity contribution >= 4 is 11.6 Å². The minimum atomic E-state index is -0.334. The number of ether oxygens (including phenoxy) is 1. The molecule has 3 aromatic rings. The van der Waals surface area contributed by atoms with Crippen LogP contribution in [0, 0.1) is 0 Å². The van der Waals surface area contributed by atoms with E-state index in [1.54, 1.807) is 11.1 Å². The van der Waals surface area contributed by atoms with E-state index in [9.17, 15) is 4.79 Å². The monoisotopic (exact) mass is 366 g/mol. The Hall–Kier alpha value is -3.20. The van der Waals surface area contributed by atoms with Crippen molar-refractivity contribution in [2.45, 2.75) is 12.6 Å². The fourth-order valence-corrected chi connectivity index (χ4v) is 3.76. The Bertz CT molecular complexity index is 934. The topological polar surface area (TPSA) is 100 Å². The number of benzene rings is 1. The Morgan fingerprint density at radius 1 is 1.26 bits per heavy atom. The van der Waals surface area contributed by atoms with E-state index < -0.39 is 0 Å². The molecular formula is C18H18N6O3. The molecule has 9 heteroatoms. The number of morpholine rings is 1. The molecule has 1 fully saturated rings. The van der Waals surface area contributed by atoms with Crippen LogP contribution in [0.2, 0.25) is 0 Å². The molecule has 0 aliphatic carbocycles. The van der Waals surface area contributed by atoms with Gasteiger partial charge in [-0.2, -0.15) is 5.10 Å². The number of aromatic amines is 1. The van der Waals surface area contributed by atoms with Crippen molar-refractivity contribution < 1.29 is 13.9 Å². The van der Waals surface area contributed by atoms with E-state index in [2.05, 4.69) is 43.3 Å². The lowest BCUT2D eigenvalue weighted by molar-refractivity contribution is 0.0691. The average Bonchev–Trinajstić information content (AvgIpc) is 3.47. The molecule has 5 rings (SSSR count). The Balaban J connectivity index is 1.52. The molecule has 0 radical (unpaired) electrons. The van der Waals surface area contributed by atoms with Crippen molar-refractivity contribution in [1.29, 1.82) is 0 Å². The third-order valence-electron chi connectivity index (χ3n) is 5.05. The molecule has 1 atom stereocenters. The highest BCUT2D eigenvalue weighted by Crippen LogP contribution is 2.40. The highest BCUT2D eigenvalue weighted by Gasteiger charge is 2.38. The summed E-state index contributed by atoms with van der Waals surface area (Å²) in [6.07, 6.45) is 4.36. The van der Waals surface area contributed by atoms with Gasteiger partial charge < -0.3 is 19.0 Å². The van der Waals surface area contributed by atoms with E-state index in [1.165, 1.54) is 12.7 Å². The number of nitrogens with zero attached hydrogens (tertiary/aromatic N) is 5. The second-order valence-corrected chi connectivity index (χ2v) is 6.56. The van der Waals surface area contributed by atoms with Crippen LogP contribution in [0.4, 0.5) is 5.69 Å². The van der Waals surface area contributed by atoms with Crippen LogP contribution in [0.25, 0.3) is 0 Å². The maximum atomic E-state index is 13.0. The second kappa shape index (κ2) is 6.51. The molecule has 0 saturated carbocycles. The summed E-state index contributed by atoms with van der Waals surface area (Å²) in [5, 5.41) is 6.44. The summed E-state index contributed by atoms with van der Waals surface area (Å²) < 4.78 is 11.0. The van der Waals surface area contributed by atoms with Crippen molar-refractivity contribution in [3.63, 3.8) is 0 Å². The molecule has 2 aliphatic heterocycles. The van der Waals surface area contributed by atoms with Crippen molar-refractivity contribution in [2.24, 2.45) is 0 Å². The normalized spacial score (nSPS) is 19.3. The summed E-state index contributed by atoms with van der Waals surface area (Å²) in [4.78, 5) is 25.0. The van der Waals surface area contributed by atoms with Crippen molar-refractivity contribution in [3.8, 4) is 0 Å². The van der Waals surface area contributed by atoms with Crippen molar-refractivity contribution in [1.82, 2.24) is 25.1 Å². The third kappa shape index (κ3) is 2.76. The van der Waals surface area contributed by atoms with Crippen LogP contribution >= 0.6 is 0 Å². The first-order valence-corrected chi connectivity index (χ1v) is 8.81. The summed E-state index contributed by atoms with van der Waals surface area (Å²) in [5.41, 5.74) is 3.27. The van der Waals surface area contributed by atoms with Crippen molar-refractivity contribution in [3.05, 3.63) is 59.8 Å². The molecule has 0 spiro atoms. The number of nitrogens with one attached hydrogen (secondary N) is 1. The van der Waals surface area contributed by atoms with E-state index in [1.807, 2.05) is 0 Å². The number of fused-ring (bicyclic) bond motifs is 1. The zero-order valence-electron chi connectivity index (χ0n) is 14.5. The van der Waals surface area contributed by atoms with Gasteiger partial charge in [0.05, 0.1) is 19.4 Å². The maximum absolute atomic E-state index is 13.0. The van der Waals surface area contributed by atoms with Gasteiger partial charge in [0.15, 0.2) is 12.2 Å². The van der Waals surface area contributed by atoms with E-state index in [-0.39, 0.29) is 17.8 Å². The number of carbonyl (C=O) groups is 1. The summed E-state index contributed by atoms with van der Waals surface area (Å²) in [6.45, 7) is 3.66. The molecule has 1 aromatic carbocycles. The first-order chi connectivity index (χ1) is 13.3. The predicted octanol–water partition coefficient (Wildman–Crippen LogP) is 1.37. The number of carbonyl (C=O) groups excluding carboxylic acids is 1. The van der Waals surface area contributed by atoms with Gasteiger partial charge in [-0.15, -0.1) is 0 Å². The summed E-state index contributed by atoms with van der Waals surface area (Å²) in [6, 6.07) is 5.98. The molecule has 2 aliphatic rings. The van der Waals surface area contributed by atoms with Gasteiger partial charge in [-0.25, -0.2) is 9.97 Å². The van der Waals surface area contributed by atoms with Crippen LogP contribution in [-0.4, -0.2) is 57.3 Å². The quantitative estimate of drug-likeness (QED) is 0.747. The van der Waals surface area contributed by atoms with E-state index in [4.69, 9.17) is 9.15 Å². The molecule has 0 bridgehead atoms. The van der Waals surface area contributed by atoms with Crippen LogP contribution in [0.15, 0.2) is 41.5 Å². The highest BCUT2D eigenvalue weighted by molar-refractivity contribution is 5.91. The lowest BCUT2D eigenvalue weighted by Gasteiger charge is -2.29. The minimum Gasteiger partial charge on any atom is -0.446 e. The first kappa shape index (κ1) is 16.0. The summed E-state index contributed by atoms with van der Waals surface area (Å²) >= 11 is 0. The molecule has 2 aromatic heterocycles. The average molecular weight is 366 g/mol. The zero-order valence-corrected chi connectivity index (χ0v) is 14.5. The SMILES string of the molecule is O=C(c1ncn[nH]1)N1Cc2cc(N3CCOCC3)ccc2[C@H]1c1cnco1. The summed E-state index contributed by atoms with van der Waals surface area (Å²) in [7, 11) is 0. The molecule has 1 saturated heterocycles. The van der Waals surface area contributed by atoms with Crippen LogP contribution in [-0.2, 0) is 11.3 Å². The van der Waals surface area contributed by atoms with Gasteiger partial charge in [-0.05, 0) is 23.3 Å². The molecule has 4 heterocycles. The molecule has 27 heavy (non-hydrogen) atoms. The molecule has 1 N–H and O–H groups in total. The molecular weight excluding hydrogens is 348 g/mol. The second-order valence-electron chi connectivity index (χ2n) is 6.56. The highest BCUT2D eigenvalue weighted by atomic mass is 16.5. The van der Waals surface area contributed by atoms with Crippen LogP contribution in [0.1, 0.15) is 33.5 Å². The Kier molecular flexibility index (Phi) is 3.86. The van der Waals surface area contributed by atoms with E-state index in [0.717, 1.165) is 43.1 Å². The number of anilines is 1. The Morgan fingerprint density at radius 2 is 2.15 bits per heavy atom. The molecule has 0 unspecified atom stereocenters. The van der Waals surface area contributed by atoms with E-state index >= 15 is 0 Å². The maximum Gasteiger partial charge on any atom is 0.292 e. The zero-order chi connectivity index (χ0) is 18.2. The fourth-order valence-electron chi connectivity index (χ4n) is 3.76.